The van der Waals surface area contributed by atoms with Crippen LogP contribution in [0, 0.1) is 6.92 Å². The van der Waals surface area contributed by atoms with Crippen molar-refractivity contribution in [3.05, 3.63) is 46.1 Å². The molecule has 1 aromatic heterocycles. The summed E-state index contributed by atoms with van der Waals surface area (Å²) in [5, 5.41) is 2.97. The minimum atomic E-state index is -0.114. The van der Waals surface area contributed by atoms with Crippen LogP contribution in [0.15, 0.2) is 34.8 Å². The van der Waals surface area contributed by atoms with Gasteiger partial charge in [-0.2, -0.15) is 0 Å². The van der Waals surface area contributed by atoms with Gasteiger partial charge in [-0.1, -0.05) is 22.9 Å². The summed E-state index contributed by atoms with van der Waals surface area (Å²) in [6.07, 6.45) is 0.859. The molecule has 0 radical (unpaired) electrons. The second-order valence-corrected chi connectivity index (χ2v) is 7.44. The van der Waals surface area contributed by atoms with E-state index >= 15 is 0 Å². The van der Waals surface area contributed by atoms with E-state index in [1.165, 1.54) is 5.69 Å². The molecule has 6 nitrogen and oxygen atoms in total. The molecule has 2 amide bonds. The van der Waals surface area contributed by atoms with Gasteiger partial charge < -0.3 is 19.9 Å². The summed E-state index contributed by atoms with van der Waals surface area (Å²) in [4.78, 5) is 21.3. The third-order valence-corrected chi connectivity index (χ3v) is 5.39. The van der Waals surface area contributed by atoms with Gasteiger partial charge in [-0.25, -0.2) is 9.78 Å². The lowest BCUT2D eigenvalue weighted by atomic mass is 10.1. The molecule has 27 heavy (non-hydrogen) atoms. The number of pyridine rings is 1. The number of hydrogen-bond donors (Lipinski definition) is 1. The van der Waals surface area contributed by atoms with Gasteiger partial charge in [-0.15, -0.1) is 0 Å². The van der Waals surface area contributed by atoms with Gasteiger partial charge >= 0.3 is 6.03 Å². The fourth-order valence-electron chi connectivity index (χ4n) is 3.24. The van der Waals surface area contributed by atoms with Crippen LogP contribution < -0.4 is 15.0 Å². The number of nitrogens with one attached hydrogen (secondary N) is 1. The first-order valence-electron chi connectivity index (χ1n) is 9.12. The molecule has 0 atom stereocenters. The topological polar surface area (TPSA) is 57.7 Å². The number of ether oxygens (including phenoxy) is 1. The number of amides is 2. The summed E-state index contributed by atoms with van der Waals surface area (Å²) in [5.74, 6) is 0.451. The summed E-state index contributed by atoms with van der Waals surface area (Å²) < 4.78 is 6.41. The highest BCUT2D eigenvalue weighted by atomic mass is 79.9. The molecule has 0 aliphatic carbocycles. The molecular weight excluding hydrogens is 408 g/mol. The first-order chi connectivity index (χ1) is 13.0. The van der Waals surface area contributed by atoms with Crippen molar-refractivity contribution in [2.75, 3.05) is 43.5 Å². The maximum Gasteiger partial charge on any atom is 0.322 e. The monoisotopic (exact) mass is 432 g/mol. The number of rotatable bonds is 4. The van der Waals surface area contributed by atoms with Crippen molar-refractivity contribution in [1.29, 1.82) is 0 Å². The smallest absolute Gasteiger partial charge is 0.322 e. The molecule has 2 aromatic rings. The Labute approximate surface area is 168 Å². The average molecular weight is 433 g/mol. The number of hydrogen-bond acceptors (Lipinski definition) is 4. The highest BCUT2D eigenvalue weighted by molar-refractivity contribution is 9.10. The zero-order valence-electron chi connectivity index (χ0n) is 16.0. The molecule has 1 N–H and O–H groups in total. The lowest BCUT2D eigenvalue weighted by Crippen LogP contribution is -2.50. The molecule has 1 aliphatic rings. The predicted octanol–water partition coefficient (Wildman–Crippen LogP) is 4.08. The number of anilines is 2. The Morgan fingerprint density at radius 3 is 2.48 bits per heavy atom. The molecule has 1 aliphatic heterocycles. The van der Waals surface area contributed by atoms with E-state index in [1.807, 2.05) is 30.0 Å². The third kappa shape index (κ3) is 4.53. The standard InChI is InChI=1S/C20H25BrN4O2/c1-4-15-13-18(19(27-3)22-14(15)2)23-20(26)25-11-9-24(10-12-25)17-7-5-16(21)6-8-17/h5-8,13H,4,9-12H2,1-3H3,(H,23,26). The van der Waals surface area contributed by atoms with Gasteiger partial charge in [0, 0.05) is 42.0 Å². The number of carbonyl (C=O) groups excluding carboxylic acids is 1. The molecule has 0 bridgehead atoms. The SMILES string of the molecule is CCc1cc(NC(=O)N2CCN(c3ccc(Br)cc3)CC2)c(OC)nc1C. The van der Waals surface area contributed by atoms with Crippen LogP contribution in [-0.2, 0) is 6.42 Å². The number of carbonyl (C=O) groups is 1. The van der Waals surface area contributed by atoms with Gasteiger partial charge in [0.25, 0.3) is 0 Å². The predicted molar refractivity (Wildman–Crippen MR) is 112 cm³/mol. The molecular formula is C20H25BrN4O2. The van der Waals surface area contributed by atoms with Crippen molar-refractivity contribution in [2.45, 2.75) is 20.3 Å². The molecule has 144 valence electrons. The summed E-state index contributed by atoms with van der Waals surface area (Å²) in [5.41, 5.74) is 3.83. The Morgan fingerprint density at radius 2 is 1.89 bits per heavy atom. The normalized spacial score (nSPS) is 14.2. The minimum Gasteiger partial charge on any atom is -0.480 e. The van der Waals surface area contributed by atoms with Crippen LogP contribution in [0.3, 0.4) is 0 Å². The van der Waals surface area contributed by atoms with Crippen molar-refractivity contribution in [3.8, 4) is 5.88 Å². The molecule has 1 saturated heterocycles. The van der Waals surface area contributed by atoms with Crippen LogP contribution in [0.1, 0.15) is 18.2 Å². The molecule has 1 fully saturated rings. The third-order valence-electron chi connectivity index (χ3n) is 4.86. The van der Waals surface area contributed by atoms with Gasteiger partial charge in [0.1, 0.15) is 5.69 Å². The fraction of sp³-hybridized carbons (Fsp3) is 0.400. The van der Waals surface area contributed by atoms with Crippen molar-refractivity contribution in [2.24, 2.45) is 0 Å². The fourth-order valence-corrected chi connectivity index (χ4v) is 3.51. The maximum absolute atomic E-state index is 12.7. The Kier molecular flexibility index (Phi) is 6.21. The molecule has 1 aromatic carbocycles. The zero-order chi connectivity index (χ0) is 19.4. The van der Waals surface area contributed by atoms with E-state index < -0.39 is 0 Å². The largest absolute Gasteiger partial charge is 0.480 e. The Bertz CT molecular complexity index is 802. The maximum atomic E-state index is 12.7. The van der Waals surface area contributed by atoms with Gasteiger partial charge in [-0.05, 0) is 49.2 Å². The zero-order valence-corrected chi connectivity index (χ0v) is 17.5. The van der Waals surface area contributed by atoms with E-state index in [9.17, 15) is 4.79 Å². The molecule has 0 saturated carbocycles. The number of urea groups is 1. The van der Waals surface area contributed by atoms with Gasteiger partial charge in [0.05, 0.1) is 7.11 Å². The number of nitrogens with zero attached hydrogens (tertiary/aromatic N) is 3. The number of methoxy groups -OCH3 is 1. The van der Waals surface area contributed by atoms with E-state index in [-0.39, 0.29) is 6.03 Å². The summed E-state index contributed by atoms with van der Waals surface area (Å²) in [7, 11) is 1.57. The van der Waals surface area contributed by atoms with Gasteiger partial charge in [0.15, 0.2) is 0 Å². The van der Waals surface area contributed by atoms with Crippen LogP contribution in [0.2, 0.25) is 0 Å². The number of halogens is 1. The molecule has 7 heteroatoms. The molecule has 0 spiro atoms. The Hall–Kier alpha value is -2.28. The van der Waals surface area contributed by atoms with E-state index in [0.29, 0.717) is 24.7 Å². The van der Waals surface area contributed by atoms with Crippen LogP contribution >= 0.6 is 15.9 Å². The second kappa shape index (κ2) is 8.61. The summed E-state index contributed by atoms with van der Waals surface area (Å²) in [6, 6.07) is 10.1. The lowest BCUT2D eigenvalue weighted by Gasteiger charge is -2.36. The van der Waals surface area contributed by atoms with Crippen molar-refractivity contribution in [3.63, 3.8) is 0 Å². The van der Waals surface area contributed by atoms with E-state index in [0.717, 1.165) is 35.2 Å². The first kappa shape index (κ1) is 19.5. The Balaban J connectivity index is 1.64. The second-order valence-electron chi connectivity index (χ2n) is 6.52. The average Bonchev–Trinajstić information content (AvgIpc) is 2.69. The van der Waals surface area contributed by atoms with Gasteiger partial charge in [0.2, 0.25) is 5.88 Å². The summed E-state index contributed by atoms with van der Waals surface area (Å²) >= 11 is 3.46. The van der Waals surface area contributed by atoms with Gasteiger partial charge in [-0.3, -0.25) is 0 Å². The molecule has 3 rings (SSSR count). The minimum absolute atomic E-state index is 0.114. The van der Waals surface area contributed by atoms with Crippen LogP contribution in [0.25, 0.3) is 0 Å². The van der Waals surface area contributed by atoms with E-state index in [2.05, 4.69) is 50.2 Å². The lowest BCUT2D eigenvalue weighted by molar-refractivity contribution is 0.208. The molecule has 2 heterocycles. The van der Waals surface area contributed by atoms with Crippen LogP contribution in [0.5, 0.6) is 5.88 Å². The number of aryl methyl sites for hydroxylation is 2. The van der Waals surface area contributed by atoms with Crippen molar-refractivity contribution >= 4 is 33.3 Å². The number of piperazine rings is 1. The highest BCUT2D eigenvalue weighted by Gasteiger charge is 2.22. The number of aromatic nitrogens is 1. The van der Waals surface area contributed by atoms with E-state index in [1.54, 1.807) is 7.11 Å². The summed E-state index contributed by atoms with van der Waals surface area (Å²) in [6.45, 7) is 6.98. The van der Waals surface area contributed by atoms with Crippen molar-refractivity contribution in [1.82, 2.24) is 9.88 Å². The van der Waals surface area contributed by atoms with Crippen LogP contribution in [0.4, 0.5) is 16.2 Å². The van der Waals surface area contributed by atoms with E-state index in [4.69, 9.17) is 4.74 Å². The van der Waals surface area contributed by atoms with Crippen LogP contribution in [-0.4, -0.2) is 49.2 Å². The Morgan fingerprint density at radius 1 is 1.22 bits per heavy atom. The quantitative estimate of drug-likeness (QED) is 0.790. The highest BCUT2D eigenvalue weighted by Crippen LogP contribution is 2.26. The number of benzene rings is 1. The molecule has 0 unspecified atom stereocenters. The van der Waals surface area contributed by atoms with Crippen molar-refractivity contribution < 1.29 is 9.53 Å². The first-order valence-corrected chi connectivity index (χ1v) is 9.92.